The van der Waals surface area contributed by atoms with Crippen LogP contribution in [0.1, 0.15) is 0 Å². The van der Waals surface area contributed by atoms with E-state index in [1.807, 2.05) is 30.3 Å². The van der Waals surface area contributed by atoms with Gasteiger partial charge in [-0.05, 0) is 24.3 Å². The van der Waals surface area contributed by atoms with Gasteiger partial charge in [0, 0.05) is 42.0 Å². The van der Waals surface area contributed by atoms with Crippen LogP contribution in [0.3, 0.4) is 0 Å². The van der Waals surface area contributed by atoms with E-state index in [2.05, 4.69) is 15.1 Å². The van der Waals surface area contributed by atoms with Crippen LogP contribution in [0, 0.1) is 0 Å². The standard InChI is InChI=1S/C13H9N3O/c1-3-10(8-14-5-1)12-7-13(17-16-12)11-4-2-6-15-9-11/h1-9H. The second-order valence-corrected chi connectivity index (χ2v) is 3.56. The van der Waals surface area contributed by atoms with E-state index in [1.54, 1.807) is 24.8 Å². The maximum Gasteiger partial charge on any atom is 0.169 e. The molecular formula is C13H9N3O. The smallest absolute Gasteiger partial charge is 0.169 e. The van der Waals surface area contributed by atoms with Gasteiger partial charge in [0.2, 0.25) is 0 Å². The molecule has 0 radical (unpaired) electrons. The Morgan fingerprint density at radius 2 is 1.59 bits per heavy atom. The zero-order valence-electron chi connectivity index (χ0n) is 8.95. The molecule has 3 heterocycles. The molecule has 0 atom stereocenters. The van der Waals surface area contributed by atoms with Crippen molar-refractivity contribution in [2.24, 2.45) is 0 Å². The Hall–Kier alpha value is -2.49. The molecule has 3 aromatic rings. The van der Waals surface area contributed by atoms with E-state index in [1.165, 1.54) is 0 Å². The first-order valence-corrected chi connectivity index (χ1v) is 5.21. The lowest BCUT2D eigenvalue weighted by Gasteiger charge is -1.91. The van der Waals surface area contributed by atoms with Gasteiger partial charge in [-0.1, -0.05) is 5.16 Å². The summed E-state index contributed by atoms with van der Waals surface area (Å²) in [4.78, 5) is 8.09. The van der Waals surface area contributed by atoms with Crippen LogP contribution in [0.25, 0.3) is 22.6 Å². The van der Waals surface area contributed by atoms with E-state index in [4.69, 9.17) is 4.52 Å². The van der Waals surface area contributed by atoms with Gasteiger partial charge in [-0.2, -0.15) is 0 Å². The first-order chi connectivity index (χ1) is 8.43. The summed E-state index contributed by atoms with van der Waals surface area (Å²) < 4.78 is 5.29. The minimum absolute atomic E-state index is 0.706. The molecular weight excluding hydrogens is 214 g/mol. The van der Waals surface area contributed by atoms with E-state index in [0.717, 1.165) is 16.8 Å². The lowest BCUT2D eigenvalue weighted by molar-refractivity contribution is 0.435. The summed E-state index contributed by atoms with van der Waals surface area (Å²) in [5.74, 6) is 0.706. The summed E-state index contributed by atoms with van der Waals surface area (Å²) >= 11 is 0. The second-order valence-electron chi connectivity index (χ2n) is 3.56. The summed E-state index contributed by atoms with van der Waals surface area (Å²) in [6.45, 7) is 0. The Bertz CT molecular complexity index is 551. The lowest BCUT2D eigenvalue weighted by atomic mass is 10.1. The molecule has 4 heteroatoms. The SMILES string of the molecule is c1cncc(-c2cc(-c3cccnc3)on2)c1. The van der Waals surface area contributed by atoms with Gasteiger partial charge in [-0.3, -0.25) is 9.97 Å². The van der Waals surface area contributed by atoms with Crippen molar-refractivity contribution < 1.29 is 4.52 Å². The molecule has 0 N–H and O–H groups in total. The fraction of sp³-hybridized carbons (Fsp3) is 0. The van der Waals surface area contributed by atoms with Crippen LogP contribution in [-0.2, 0) is 0 Å². The van der Waals surface area contributed by atoms with E-state index >= 15 is 0 Å². The molecule has 0 aliphatic heterocycles. The number of hydrogen-bond acceptors (Lipinski definition) is 4. The van der Waals surface area contributed by atoms with E-state index in [9.17, 15) is 0 Å². The third kappa shape index (κ3) is 1.92. The van der Waals surface area contributed by atoms with Crippen molar-refractivity contribution in [3.63, 3.8) is 0 Å². The van der Waals surface area contributed by atoms with Crippen LogP contribution in [0.5, 0.6) is 0 Å². The first-order valence-electron chi connectivity index (χ1n) is 5.21. The molecule has 3 aromatic heterocycles. The molecule has 0 aromatic carbocycles. The summed E-state index contributed by atoms with van der Waals surface area (Å²) in [5.41, 5.74) is 2.62. The monoisotopic (exact) mass is 223 g/mol. The highest BCUT2D eigenvalue weighted by Crippen LogP contribution is 2.24. The molecule has 0 fully saturated rings. The topological polar surface area (TPSA) is 51.8 Å². The van der Waals surface area contributed by atoms with Crippen LogP contribution in [0.2, 0.25) is 0 Å². The Balaban J connectivity index is 1.99. The maximum atomic E-state index is 5.29. The molecule has 0 aliphatic carbocycles. The van der Waals surface area contributed by atoms with Gasteiger partial charge in [-0.25, -0.2) is 0 Å². The van der Waals surface area contributed by atoms with Crippen molar-refractivity contribution >= 4 is 0 Å². The van der Waals surface area contributed by atoms with Crippen molar-refractivity contribution in [3.05, 3.63) is 55.1 Å². The van der Waals surface area contributed by atoms with Gasteiger partial charge in [0.25, 0.3) is 0 Å². The summed E-state index contributed by atoms with van der Waals surface area (Å²) in [6.07, 6.45) is 6.95. The molecule has 0 bridgehead atoms. The Kier molecular flexibility index (Phi) is 2.38. The molecule has 0 amide bonds. The quantitative estimate of drug-likeness (QED) is 0.670. The summed E-state index contributed by atoms with van der Waals surface area (Å²) in [5, 5.41) is 4.02. The summed E-state index contributed by atoms with van der Waals surface area (Å²) in [7, 11) is 0. The molecule has 3 rings (SSSR count). The van der Waals surface area contributed by atoms with Gasteiger partial charge in [-0.15, -0.1) is 0 Å². The van der Waals surface area contributed by atoms with Crippen LogP contribution in [-0.4, -0.2) is 15.1 Å². The van der Waals surface area contributed by atoms with Crippen LogP contribution >= 0.6 is 0 Å². The molecule has 0 aliphatic rings. The zero-order chi connectivity index (χ0) is 11.5. The lowest BCUT2D eigenvalue weighted by Crippen LogP contribution is -1.77. The molecule has 17 heavy (non-hydrogen) atoms. The predicted molar refractivity (Wildman–Crippen MR) is 63.0 cm³/mol. The third-order valence-corrected chi connectivity index (χ3v) is 2.41. The first kappa shape index (κ1) is 9.72. The fourth-order valence-electron chi connectivity index (χ4n) is 1.57. The second kappa shape index (κ2) is 4.17. The normalized spacial score (nSPS) is 10.4. The Morgan fingerprint density at radius 1 is 0.882 bits per heavy atom. The minimum atomic E-state index is 0.706. The third-order valence-electron chi connectivity index (χ3n) is 2.41. The molecule has 82 valence electrons. The predicted octanol–water partition coefficient (Wildman–Crippen LogP) is 2.80. The van der Waals surface area contributed by atoms with Crippen LogP contribution < -0.4 is 0 Å². The Morgan fingerprint density at radius 3 is 2.24 bits per heavy atom. The van der Waals surface area contributed by atoms with Gasteiger partial charge in [0.1, 0.15) is 5.69 Å². The van der Waals surface area contributed by atoms with Crippen molar-refractivity contribution in [1.29, 1.82) is 0 Å². The van der Waals surface area contributed by atoms with Crippen molar-refractivity contribution in [2.75, 3.05) is 0 Å². The summed E-state index contributed by atoms with van der Waals surface area (Å²) in [6, 6.07) is 9.49. The van der Waals surface area contributed by atoms with Crippen LogP contribution in [0.4, 0.5) is 0 Å². The number of hydrogen-bond donors (Lipinski definition) is 0. The largest absolute Gasteiger partial charge is 0.356 e. The van der Waals surface area contributed by atoms with Gasteiger partial charge >= 0.3 is 0 Å². The zero-order valence-corrected chi connectivity index (χ0v) is 8.95. The highest BCUT2D eigenvalue weighted by atomic mass is 16.5. The Labute approximate surface area is 98.0 Å². The molecule has 0 saturated heterocycles. The molecule has 0 saturated carbocycles. The highest BCUT2D eigenvalue weighted by molar-refractivity contribution is 5.65. The molecule has 4 nitrogen and oxygen atoms in total. The molecule has 0 unspecified atom stereocenters. The number of nitrogens with zero attached hydrogens (tertiary/aromatic N) is 3. The van der Waals surface area contributed by atoms with Crippen molar-refractivity contribution in [2.45, 2.75) is 0 Å². The number of pyridine rings is 2. The fourth-order valence-corrected chi connectivity index (χ4v) is 1.57. The number of rotatable bonds is 2. The highest BCUT2D eigenvalue weighted by Gasteiger charge is 2.08. The van der Waals surface area contributed by atoms with Crippen molar-refractivity contribution in [1.82, 2.24) is 15.1 Å². The number of aromatic nitrogens is 3. The molecule has 0 spiro atoms. The average Bonchev–Trinajstić information content (AvgIpc) is 2.90. The van der Waals surface area contributed by atoms with E-state index in [-0.39, 0.29) is 0 Å². The van der Waals surface area contributed by atoms with Gasteiger partial charge < -0.3 is 4.52 Å². The van der Waals surface area contributed by atoms with E-state index < -0.39 is 0 Å². The maximum absolute atomic E-state index is 5.29. The van der Waals surface area contributed by atoms with E-state index in [0.29, 0.717) is 5.76 Å². The minimum Gasteiger partial charge on any atom is -0.356 e. The van der Waals surface area contributed by atoms with Crippen LogP contribution in [0.15, 0.2) is 59.6 Å². The van der Waals surface area contributed by atoms with Crippen molar-refractivity contribution in [3.8, 4) is 22.6 Å². The van der Waals surface area contributed by atoms with Gasteiger partial charge in [0.15, 0.2) is 5.76 Å². The van der Waals surface area contributed by atoms with Gasteiger partial charge in [0.05, 0.1) is 0 Å². The average molecular weight is 223 g/mol.